The first-order chi connectivity index (χ1) is 14.0. The number of ether oxygens (including phenoxy) is 1. The number of anilines is 2. The van der Waals surface area contributed by atoms with Gasteiger partial charge in [-0.05, 0) is 62.6 Å². The van der Waals surface area contributed by atoms with Gasteiger partial charge in [0.25, 0.3) is 0 Å². The van der Waals surface area contributed by atoms with Crippen molar-refractivity contribution in [1.29, 1.82) is 0 Å². The molecule has 152 valence electrons. The van der Waals surface area contributed by atoms with Crippen molar-refractivity contribution < 1.29 is 9.53 Å². The van der Waals surface area contributed by atoms with Crippen LogP contribution in [0.4, 0.5) is 10.8 Å². The van der Waals surface area contributed by atoms with Crippen molar-refractivity contribution in [2.24, 2.45) is 5.92 Å². The van der Waals surface area contributed by atoms with Gasteiger partial charge >= 0.3 is 0 Å². The Morgan fingerprint density at radius 2 is 2.10 bits per heavy atom. The molecule has 2 aromatic carbocycles. The molecule has 1 aliphatic heterocycles. The van der Waals surface area contributed by atoms with E-state index in [1.165, 1.54) is 0 Å². The van der Waals surface area contributed by atoms with Crippen molar-refractivity contribution in [3.8, 4) is 5.75 Å². The molecule has 1 N–H and O–H groups in total. The molecule has 3 aromatic rings. The summed E-state index contributed by atoms with van der Waals surface area (Å²) in [5.41, 5.74) is 2.69. The molecular formula is C22H24ClN3O2S. The van der Waals surface area contributed by atoms with Crippen LogP contribution in [0.5, 0.6) is 5.75 Å². The van der Waals surface area contributed by atoms with E-state index in [-0.39, 0.29) is 11.8 Å². The maximum absolute atomic E-state index is 12.7. The van der Waals surface area contributed by atoms with Gasteiger partial charge in [0.2, 0.25) is 5.91 Å². The molecular weight excluding hydrogens is 406 g/mol. The first-order valence-corrected chi connectivity index (χ1v) is 11.1. The number of rotatable bonds is 5. The molecule has 29 heavy (non-hydrogen) atoms. The van der Waals surface area contributed by atoms with Gasteiger partial charge in [0.1, 0.15) is 5.75 Å². The molecule has 1 aromatic heterocycles. The molecule has 0 aliphatic carbocycles. The van der Waals surface area contributed by atoms with E-state index in [0.29, 0.717) is 11.6 Å². The number of hydrogen-bond acceptors (Lipinski definition) is 5. The van der Waals surface area contributed by atoms with E-state index in [1.54, 1.807) is 11.3 Å². The zero-order chi connectivity index (χ0) is 20.4. The normalized spacial score (nSPS) is 14.9. The Hall–Kier alpha value is -2.31. The van der Waals surface area contributed by atoms with Crippen LogP contribution in [0.25, 0.3) is 10.2 Å². The second-order valence-corrected chi connectivity index (χ2v) is 8.64. The predicted molar refractivity (Wildman–Crippen MR) is 121 cm³/mol. The lowest BCUT2D eigenvalue weighted by Gasteiger charge is -2.31. The quantitative estimate of drug-likeness (QED) is 0.580. The van der Waals surface area contributed by atoms with E-state index in [9.17, 15) is 4.79 Å². The van der Waals surface area contributed by atoms with Crippen molar-refractivity contribution in [1.82, 2.24) is 4.98 Å². The first-order valence-electron chi connectivity index (χ1n) is 9.89. The summed E-state index contributed by atoms with van der Waals surface area (Å²) < 4.78 is 6.71. The summed E-state index contributed by atoms with van der Waals surface area (Å²) in [5, 5.41) is 4.73. The Labute approximate surface area is 179 Å². The molecule has 1 amide bonds. The molecule has 0 radical (unpaired) electrons. The van der Waals surface area contributed by atoms with Crippen LogP contribution in [0, 0.1) is 12.8 Å². The number of nitrogens with zero attached hydrogens (tertiary/aromatic N) is 2. The van der Waals surface area contributed by atoms with Gasteiger partial charge in [-0.1, -0.05) is 29.0 Å². The number of carbonyl (C=O) groups excluding carboxylic acids is 1. The van der Waals surface area contributed by atoms with Gasteiger partial charge < -0.3 is 15.0 Å². The Kier molecular flexibility index (Phi) is 5.92. The van der Waals surface area contributed by atoms with Gasteiger partial charge in [-0.2, -0.15) is 0 Å². The fourth-order valence-corrected chi connectivity index (χ4v) is 4.82. The van der Waals surface area contributed by atoms with E-state index in [2.05, 4.69) is 10.2 Å². The maximum Gasteiger partial charge on any atom is 0.227 e. The number of amides is 1. The standard InChI is InChI=1S/C22H24ClN3O2S/c1-3-28-16-7-8-19-20(13-16)29-22(25-19)26-11-9-15(10-12-26)21(27)24-18-6-4-5-17(23)14(18)2/h4-8,13,15H,3,9-12H2,1-2H3,(H,24,27). The number of benzene rings is 2. The molecule has 0 atom stereocenters. The summed E-state index contributed by atoms with van der Waals surface area (Å²) in [4.78, 5) is 19.8. The van der Waals surface area contributed by atoms with Crippen LogP contribution >= 0.6 is 22.9 Å². The third-order valence-electron chi connectivity index (χ3n) is 5.32. The summed E-state index contributed by atoms with van der Waals surface area (Å²) in [5.74, 6) is 0.950. The molecule has 0 unspecified atom stereocenters. The summed E-state index contributed by atoms with van der Waals surface area (Å²) >= 11 is 7.84. The van der Waals surface area contributed by atoms with Crippen LogP contribution in [0.15, 0.2) is 36.4 Å². The minimum Gasteiger partial charge on any atom is -0.494 e. The van der Waals surface area contributed by atoms with Crippen molar-refractivity contribution in [3.63, 3.8) is 0 Å². The SMILES string of the molecule is CCOc1ccc2nc(N3CCC(C(=O)Nc4cccc(Cl)c4C)CC3)sc2c1. The zero-order valence-corrected chi connectivity index (χ0v) is 18.1. The van der Waals surface area contributed by atoms with E-state index in [0.717, 1.165) is 58.3 Å². The van der Waals surface area contributed by atoms with Gasteiger partial charge in [0.15, 0.2) is 5.13 Å². The number of thiazole rings is 1. The van der Waals surface area contributed by atoms with E-state index >= 15 is 0 Å². The second-order valence-electron chi connectivity index (χ2n) is 7.22. The number of carbonyl (C=O) groups is 1. The summed E-state index contributed by atoms with van der Waals surface area (Å²) in [6.45, 7) is 6.21. The maximum atomic E-state index is 12.7. The molecule has 7 heteroatoms. The number of halogens is 1. The summed E-state index contributed by atoms with van der Waals surface area (Å²) in [6, 6.07) is 11.6. The topological polar surface area (TPSA) is 54.5 Å². The molecule has 2 heterocycles. The average molecular weight is 430 g/mol. The minimum atomic E-state index is 0.00330. The number of fused-ring (bicyclic) bond motifs is 1. The van der Waals surface area contributed by atoms with Crippen molar-refractivity contribution >= 4 is 49.9 Å². The zero-order valence-electron chi connectivity index (χ0n) is 16.6. The lowest BCUT2D eigenvalue weighted by Crippen LogP contribution is -2.38. The molecule has 1 aliphatic rings. The Balaban J connectivity index is 1.39. The van der Waals surface area contributed by atoms with Gasteiger partial charge in [0.05, 0.1) is 16.8 Å². The van der Waals surface area contributed by atoms with Crippen LogP contribution in [0.3, 0.4) is 0 Å². The molecule has 5 nitrogen and oxygen atoms in total. The number of aromatic nitrogens is 1. The molecule has 1 fully saturated rings. The highest BCUT2D eigenvalue weighted by Gasteiger charge is 2.27. The predicted octanol–water partition coefficient (Wildman–Crippen LogP) is 5.51. The summed E-state index contributed by atoms with van der Waals surface area (Å²) in [6.07, 6.45) is 1.62. The molecule has 0 saturated carbocycles. The van der Waals surface area contributed by atoms with E-state index < -0.39 is 0 Å². The monoisotopic (exact) mass is 429 g/mol. The van der Waals surface area contributed by atoms with Crippen molar-refractivity contribution in [2.45, 2.75) is 26.7 Å². The van der Waals surface area contributed by atoms with E-state index in [4.69, 9.17) is 21.3 Å². The number of nitrogens with one attached hydrogen (secondary N) is 1. The van der Waals surface area contributed by atoms with Crippen LogP contribution in [-0.2, 0) is 4.79 Å². The second kappa shape index (κ2) is 8.59. The highest BCUT2D eigenvalue weighted by atomic mass is 35.5. The van der Waals surface area contributed by atoms with Crippen LogP contribution in [0.2, 0.25) is 5.02 Å². The van der Waals surface area contributed by atoms with Gasteiger partial charge in [-0.3, -0.25) is 4.79 Å². The highest BCUT2D eigenvalue weighted by molar-refractivity contribution is 7.22. The smallest absolute Gasteiger partial charge is 0.227 e. The Morgan fingerprint density at radius 3 is 2.86 bits per heavy atom. The molecule has 4 rings (SSSR count). The van der Waals surface area contributed by atoms with Crippen molar-refractivity contribution in [2.75, 3.05) is 29.9 Å². The Morgan fingerprint density at radius 1 is 1.31 bits per heavy atom. The van der Waals surface area contributed by atoms with Gasteiger partial charge in [-0.25, -0.2) is 4.98 Å². The Bertz CT molecular complexity index is 1030. The lowest BCUT2D eigenvalue weighted by molar-refractivity contribution is -0.120. The molecule has 0 spiro atoms. The average Bonchev–Trinajstić information content (AvgIpc) is 3.15. The van der Waals surface area contributed by atoms with Crippen LogP contribution in [0.1, 0.15) is 25.3 Å². The fourth-order valence-electron chi connectivity index (χ4n) is 3.60. The number of piperidine rings is 1. The largest absolute Gasteiger partial charge is 0.494 e. The fraction of sp³-hybridized carbons (Fsp3) is 0.364. The lowest BCUT2D eigenvalue weighted by atomic mass is 9.96. The number of hydrogen-bond donors (Lipinski definition) is 1. The molecule has 1 saturated heterocycles. The van der Waals surface area contributed by atoms with Gasteiger partial charge in [-0.15, -0.1) is 0 Å². The van der Waals surface area contributed by atoms with Crippen LogP contribution < -0.4 is 15.0 Å². The molecule has 0 bridgehead atoms. The van der Waals surface area contributed by atoms with E-state index in [1.807, 2.05) is 50.2 Å². The van der Waals surface area contributed by atoms with Crippen LogP contribution in [-0.4, -0.2) is 30.6 Å². The van der Waals surface area contributed by atoms with Gasteiger partial charge in [0, 0.05) is 29.7 Å². The third kappa shape index (κ3) is 4.33. The minimum absolute atomic E-state index is 0.00330. The highest BCUT2D eigenvalue weighted by Crippen LogP contribution is 2.34. The first kappa shape index (κ1) is 20.0. The van der Waals surface area contributed by atoms with Crippen molar-refractivity contribution in [3.05, 3.63) is 47.0 Å². The summed E-state index contributed by atoms with van der Waals surface area (Å²) in [7, 11) is 0. The third-order valence-corrected chi connectivity index (χ3v) is 6.81.